The van der Waals surface area contributed by atoms with Crippen molar-refractivity contribution in [2.75, 3.05) is 25.0 Å². The lowest BCUT2D eigenvalue weighted by Crippen LogP contribution is -2.42. The maximum atomic E-state index is 13.2. The zero-order valence-electron chi connectivity index (χ0n) is 17.3. The molecular weight excluding hydrogens is 402 g/mol. The normalized spacial score (nSPS) is 20.4. The van der Waals surface area contributed by atoms with Gasteiger partial charge < -0.3 is 4.42 Å². The molecule has 1 saturated heterocycles. The fourth-order valence-electron chi connectivity index (χ4n) is 4.02. The average Bonchev–Trinajstić information content (AvgIpc) is 3.16. The smallest absolute Gasteiger partial charge is 0.305 e. The Hall–Kier alpha value is -2.71. The maximum absolute atomic E-state index is 13.2. The lowest BCUT2D eigenvalue weighted by molar-refractivity contribution is 0.0988. The molecule has 7 nitrogen and oxygen atoms in total. The van der Waals surface area contributed by atoms with Gasteiger partial charge in [-0.1, -0.05) is 32.0 Å². The fourth-order valence-corrected chi connectivity index (χ4v) is 5.75. The van der Waals surface area contributed by atoms with E-state index in [9.17, 15) is 13.2 Å². The molecule has 0 unspecified atom stereocenters. The molecule has 2 aromatic carbocycles. The Kier molecular flexibility index (Phi) is 5.38. The highest BCUT2D eigenvalue weighted by Crippen LogP contribution is 2.28. The summed E-state index contributed by atoms with van der Waals surface area (Å²) in [6.07, 6.45) is 1.01. The Morgan fingerprint density at radius 3 is 2.50 bits per heavy atom. The van der Waals surface area contributed by atoms with Gasteiger partial charge in [-0.3, -0.25) is 9.69 Å². The minimum absolute atomic E-state index is 0.126. The van der Waals surface area contributed by atoms with Crippen LogP contribution >= 0.6 is 0 Å². The van der Waals surface area contributed by atoms with Gasteiger partial charge in [-0.2, -0.15) is 9.29 Å². The van der Waals surface area contributed by atoms with Gasteiger partial charge in [0.2, 0.25) is 10.0 Å². The van der Waals surface area contributed by atoms with E-state index >= 15 is 0 Å². The van der Waals surface area contributed by atoms with Crippen LogP contribution < -0.4 is 4.90 Å². The van der Waals surface area contributed by atoms with Gasteiger partial charge in [0.1, 0.15) is 5.52 Å². The van der Waals surface area contributed by atoms with Crippen LogP contribution in [0.5, 0.6) is 0 Å². The number of hydrogen-bond acceptors (Lipinski definition) is 5. The number of aromatic nitrogens is 1. The minimum atomic E-state index is -3.67. The molecule has 30 heavy (non-hydrogen) atoms. The van der Waals surface area contributed by atoms with Crippen molar-refractivity contribution in [3.05, 3.63) is 54.1 Å². The summed E-state index contributed by atoms with van der Waals surface area (Å²) in [5, 5.41) is 0. The number of oxazole rings is 1. The number of nitrogens with zero attached hydrogens (tertiary/aromatic N) is 3. The molecular formula is C22H25N3O4S. The lowest BCUT2D eigenvalue weighted by Gasteiger charge is -2.34. The largest absolute Gasteiger partial charge is 0.423 e. The van der Waals surface area contributed by atoms with E-state index in [1.807, 2.05) is 12.1 Å². The van der Waals surface area contributed by atoms with E-state index in [1.165, 1.54) is 21.3 Å². The van der Waals surface area contributed by atoms with Crippen LogP contribution in [0.1, 0.15) is 30.6 Å². The zero-order chi connectivity index (χ0) is 21.5. The highest BCUT2D eigenvalue weighted by Gasteiger charge is 2.32. The van der Waals surface area contributed by atoms with Crippen LogP contribution in [0.25, 0.3) is 11.1 Å². The van der Waals surface area contributed by atoms with Crippen molar-refractivity contribution in [1.82, 2.24) is 9.29 Å². The van der Waals surface area contributed by atoms with E-state index in [0.717, 1.165) is 6.42 Å². The molecule has 0 N–H and O–H groups in total. The van der Waals surface area contributed by atoms with Gasteiger partial charge in [0, 0.05) is 25.7 Å². The van der Waals surface area contributed by atoms with E-state index in [2.05, 4.69) is 18.8 Å². The Morgan fingerprint density at radius 2 is 1.80 bits per heavy atom. The molecule has 1 aromatic heterocycles. The number of sulfonamides is 1. The van der Waals surface area contributed by atoms with Crippen molar-refractivity contribution < 1.29 is 17.6 Å². The van der Waals surface area contributed by atoms with E-state index in [0.29, 0.717) is 36.0 Å². The monoisotopic (exact) mass is 427 g/mol. The van der Waals surface area contributed by atoms with Gasteiger partial charge in [-0.05, 0) is 48.6 Å². The summed E-state index contributed by atoms with van der Waals surface area (Å²) in [7, 11) is -2.11. The third kappa shape index (κ3) is 3.85. The number of carbonyl (C=O) groups excluding carboxylic acids is 1. The van der Waals surface area contributed by atoms with E-state index in [1.54, 1.807) is 31.3 Å². The molecule has 8 heteroatoms. The van der Waals surface area contributed by atoms with Crippen LogP contribution in [0, 0.1) is 11.8 Å². The Labute approximate surface area is 176 Å². The maximum Gasteiger partial charge on any atom is 0.305 e. The van der Waals surface area contributed by atoms with Gasteiger partial charge >= 0.3 is 6.01 Å². The van der Waals surface area contributed by atoms with E-state index in [4.69, 9.17) is 4.42 Å². The fraction of sp³-hybridized carbons (Fsp3) is 0.364. The van der Waals surface area contributed by atoms with E-state index in [-0.39, 0.29) is 22.4 Å². The van der Waals surface area contributed by atoms with Gasteiger partial charge in [-0.15, -0.1) is 0 Å². The Balaban J connectivity index is 1.61. The van der Waals surface area contributed by atoms with Gasteiger partial charge in [0.25, 0.3) is 5.91 Å². The number of fused-ring (bicyclic) bond motifs is 1. The molecule has 0 saturated carbocycles. The summed E-state index contributed by atoms with van der Waals surface area (Å²) >= 11 is 0. The molecule has 0 aliphatic carbocycles. The molecule has 1 aliphatic rings. The van der Waals surface area contributed by atoms with Crippen LogP contribution in [-0.2, 0) is 10.0 Å². The summed E-state index contributed by atoms with van der Waals surface area (Å²) in [4.78, 5) is 18.7. The predicted octanol–water partition coefficient (Wildman–Crippen LogP) is 3.77. The summed E-state index contributed by atoms with van der Waals surface area (Å²) in [5.74, 6) is 0.219. The molecule has 2 heterocycles. The first-order valence-electron chi connectivity index (χ1n) is 9.99. The Morgan fingerprint density at radius 1 is 1.10 bits per heavy atom. The quantitative estimate of drug-likeness (QED) is 0.633. The number of carbonyl (C=O) groups is 1. The summed E-state index contributed by atoms with van der Waals surface area (Å²) in [5.41, 5.74) is 1.49. The summed E-state index contributed by atoms with van der Waals surface area (Å²) in [6, 6.07) is 13.6. The minimum Gasteiger partial charge on any atom is -0.423 e. The number of anilines is 1. The lowest BCUT2D eigenvalue weighted by atomic mass is 9.94. The van der Waals surface area contributed by atoms with E-state index < -0.39 is 10.0 Å². The standard InChI is InChI=1S/C22H25N3O4S/c1-15-11-16(2)14-25(13-15)30(27,28)18-8-6-7-17(12-18)21(26)24(3)22-23-19-9-4-5-10-20(19)29-22/h4-10,12,15-16H,11,13-14H2,1-3H3/t15-,16+. The van der Waals surface area contributed by atoms with Crippen molar-refractivity contribution in [3.8, 4) is 0 Å². The van der Waals surface area contributed by atoms with Crippen molar-refractivity contribution in [3.63, 3.8) is 0 Å². The third-order valence-electron chi connectivity index (χ3n) is 5.43. The predicted molar refractivity (Wildman–Crippen MR) is 115 cm³/mol. The Bertz CT molecular complexity index is 1140. The number of hydrogen-bond donors (Lipinski definition) is 0. The van der Waals surface area contributed by atoms with Gasteiger partial charge in [0.15, 0.2) is 5.58 Å². The first-order valence-corrected chi connectivity index (χ1v) is 11.4. The molecule has 0 bridgehead atoms. The van der Waals surface area contributed by atoms with Crippen LogP contribution in [0.4, 0.5) is 6.01 Å². The third-order valence-corrected chi connectivity index (χ3v) is 7.26. The molecule has 2 atom stereocenters. The first kappa shape index (κ1) is 20.6. The highest BCUT2D eigenvalue weighted by molar-refractivity contribution is 7.89. The van der Waals surface area contributed by atoms with Crippen LogP contribution in [0.2, 0.25) is 0 Å². The summed E-state index contributed by atoms with van der Waals surface area (Å²) in [6.45, 7) is 5.11. The molecule has 1 amide bonds. The first-order chi connectivity index (χ1) is 14.3. The second-order valence-electron chi connectivity index (χ2n) is 8.12. The number of amides is 1. The molecule has 0 radical (unpaired) electrons. The molecule has 3 aromatic rings. The van der Waals surface area contributed by atoms with Gasteiger partial charge in [-0.25, -0.2) is 8.42 Å². The van der Waals surface area contributed by atoms with Crippen molar-refractivity contribution in [1.29, 1.82) is 0 Å². The van der Waals surface area contributed by atoms with Crippen LogP contribution in [-0.4, -0.2) is 43.8 Å². The molecule has 4 rings (SSSR count). The molecule has 1 fully saturated rings. The van der Waals surface area contributed by atoms with Crippen molar-refractivity contribution in [2.24, 2.45) is 11.8 Å². The average molecular weight is 428 g/mol. The molecule has 158 valence electrons. The number of para-hydroxylation sites is 2. The SMILES string of the molecule is C[C@@H]1C[C@H](C)CN(S(=O)(=O)c2cccc(C(=O)N(C)c3nc4ccccc4o3)c2)C1. The zero-order valence-corrected chi connectivity index (χ0v) is 18.1. The van der Waals surface area contributed by atoms with Crippen molar-refractivity contribution >= 4 is 33.0 Å². The van der Waals surface area contributed by atoms with Crippen LogP contribution in [0.3, 0.4) is 0 Å². The topological polar surface area (TPSA) is 83.7 Å². The molecule has 1 aliphatic heterocycles. The summed E-state index contributed by atoms with van der Waals surface area (Å²) < 4.78 is 33.5. The van der Waals surface area contributed by atoms with Gasteiger partial charge in [0.05, 0.1) is 4.90 Å². The molecule has 0 spiro atoms. The highest BCUT2D eigenvalue weighted by atomic mass is 32.2. The van der Waals surface area contributed by atoms with Crippen LogP contribution in [0.15, 0.2) is 57.8 Å². The second kappa shape index (κ2) is 7.85. The van der Waals surface area contributed by atoms with Crippen molar-refractivity contribution in [2.45, 2.75) is 25.2 Å². The second-order valence-corrected chi connectivity index (χ2v) is 10.1. The number of piperidine rings is 1. The number of benzene rings is 2. The number of rotatable bonds is 4.